The molecule has 230 valence electrons. The van der Waals surface area contributed by atoms with Gasteiger partial charge in [-0.15, -0.1) is 0 Å². The minimum atomic E-state index is -2.01. The molecule has 0 saturated carbocycles. The maximum absolute atomic E-state index is 14.4. The van der Waals surface area contributed by atoms with Gasteiger partial charge in [0.1, 0.15) is 12.1 Å². The van der Waals surface area contributed by atoms with Crippen molar-refractivity contribution in [2.24, 2.45) is 17.8 Å². The number of likely N-dealkylation sites (N-methyl/N-ethyl adjacent to an activating group) is 1. The zero-order valence-corrected chi connectivity index (χ0v) is 26.9. The summed E-state index contributed by atoms with van der Waals surface area (Å²) in [4.78, 5) is 50.8. The van der Waals surface area contributed by atoms with Gasteiger partial charge in [-0.25, -0.2) is 0 Å². The van der Waals surface area contributed by atoms with Crippen molar-refractivity contribution in [3.8, 4) is 0 Å². The lowest BCUT2D eigenvalue weighted by Gasteiger charge is -2.49. The number of aliphatic hydroxyl groups is 1. The number of nitrogens with zero attached hydrogens (tertiary/aromatic N) is 3. The Kier molecular flexibility index (Phi) is 6.67. The molecular weight excluding hydrogens is 614 g/mol. The third-order valence-electron chi connectivity index (χ3n) is 10.3. The predicted octanol–water partition coefficient (Wildman–Crippen LogP) is 3.19. The fourth-order valence-corrected chi connectivity index (χ4v) is 8.72. The van der Waals surface area contributed by atoms with Crippen LogP contribution < -0.4 is 5.32 Å². The number of aromatic amines is 1. The zero-order chi connectivity index (χ0) is 30.6. The molecule has 3 amide bonds. The molecule has 4 aliphatic heterocycles. The lowest BCUT2D eigenvalue weighted by atomic mass is 9.79. The van der Waals surface area contributed by atoms with Crippen LogP contribution in [0.1, 0.15) is 58.1 Å². The normalized spacial score (nSPS) is 33.7. The Morgan fingerprint density at radius 3 is 2.74 bits per heavy atom. The summed E-state index contributed by atoms with van der Waals surface area (Å²) in [5.41, 5.74) is 2.68. The number of hydrogen-bond donors (Lipinski definition) is 3. The van der Waals surface area contributed by atoms with Crippen molar-refractivity contribution in [1.29, 1.82) is 0 Å². The monoisotopic (exact) mass is 653 g/mol. The summed E-state index contributed by atoms with van der Waals surface area (Å²) < 4.78 is 7.43. The molecule has 5 heterocycles. The third kappa shape index (κ3) is 4.04. The first-order chi connectivity index (χ1) is 20.4. The number of carbonyl (C=O) groups excluding carboxylic acids is 3. The van der Waals surface area contributed by atoms with E-state index in [9.17, 15) is 19.5 Å². The summed E-state index contributed by atoms with van der Waals surface area (Å²) in [7, 11) is 2.03. The molecule has 0 radical (unpaired) electrons. The number of amides is 3. The minimum Gasteiger partial charge on any atom is -0.349 e. The van der Waals surface area contributed by atoms with E-state index in [0.717, 1.165) is 34.1 Å². The Labute approximate surface area is 259 Å². The van der Waals surface area contributed by atoms with E-state index in [1.54, 1.807) is 18.7 Å². The van der Waals surface area contributed by atoms with Gasteiger partial charge in [-0.2, -0.15) is 0 Å². The average molecular weight is 655 g/mol. The van der Waals surface area contributed by atoms with E-state index in [2.05, 4.69) is 43.3 Å². The molecule has 3 N–H and O–H groups in total. The fraction of sp³-hybridized carbons (Fsp3) is 0.594. The lowest BCUT2D eigenvalue weighted by molar-refractivity contribution is -0.322. The molecule has 43 heavy (non-hydrogen) atoms. The fourth-order valence-electron chi connectivity index (χ4n) is 8.15. The Hall–Kier alpha value is -2.73. The highest BCUT2D eigenvalue weighted by molar-refractivity contribution is 9.10. The van der Waals surface area contributed by atoms with Crippen molar-refractivity contribution in [1.82, 2.24) is 25.0 Å². The number of rotatable bonds is 5. The molecule has 1 aromatic heterocycles. The number of nitrogens with one attached hydrogen (secondary N) is 2. The van der Waals surface area contributed by atoms with Gasteiger partial charge >= 0.3 is 0 Å². The first-order valence-corrected chi connectivity index (χ1v) is 16.3. The van der Waals surface area contributed by atoms with E-state index in [-0.39, 0.29) is 23.8 Å². The van der Waals surface area contributed by atoms with Crippen molar-refractivity contribution in [2.45, 2.75) is 83.1 Å². The summed E-state index contributed by atoms with van der Waals surface area (Å²) >= 11 is 3.70. The van der Waals surface area contributed by atoms with Crippen LogP contribution in [0.3, 0.4) is 0 Å². The number of fused-ring (bicyclic) bond motifs is 5. The second-order valence-electron chi connectivity index (χ2n) is 13.7. The van der Waals surface area contributed by atoms with Crippen molar-refractivity contribution in [2.75, 3.05) is 20.1 Å². The Bertz CT molecular complexity index is 1570. The molecule has 6 atom stereocenters. The van der Waals surface area contributed by atoms with Crippen LogP contribution in [-0.2, 0) is 25.5 Å². The molecule has 10 nitrogen and oxygen atoms in total. The van der Waals surface area contributed by atoms with Gasteiger partial charge in [0.25, 0.3) is 11.8 Å². The van der Waals surface area contributed by atoms with Crippen LogP contribution in [0.4, 0.5) is 0 Å². The third-order valence-corrected chi connectivity index (χ3v) is 10.9. The van der Waals surface area contributed by atoms with Crippen LogP contribution in [0.5, 0.6) is 0 Å². The molecule has 7 rings (SSSR count). The van der Waals surface area contributed by atoms with Crippen LogP contribution in [-0.4, -0.2) is 92.4 Å². The van der Waals surface area contributed by atoms with Crippen molar-refractivity contribution < 1.29 is 24.2 Å². The topological polar surface area (TPSA) is 118 Å². The van der Waals surface area contributed by atoms with Crippen molar-refractivity contribution >= 4 is 50.1 Å². The van der Waals surface area contributed by atoms with Gasteiger partial charge in [-0.05, 0) is 77.3 Å². The summed E-state index contributed by atoms with van der Waals surface area (Å²) in [6, 6.07) is 4.76. The van der Waals surface area contributed by atoms with E-state index >= 15 is 0 Å². The smallest absolute Gasteiger partial charge is 0.281 e. The number of carbonyl (C=O) groups is 3. The molecule has 1 unspecified atom stereocenters. The van der Waals surface area contributed by atoms with Gasteiger partial charge in [0.15, 0.2) is 0 Å². The minimum absolute atomic E-state index is 0.104. The number of piperazine rings is 1. The van der Waals surface area contributed by atoms with Crippen molar-refractivity contribution in [3.63, 3.8) is 0 Å². The van der Waals surface area contributed by atoms with E-state index in [1.807, 2.05) is 33.0 Å². The van der Waals surface area contributed by atoms with Crippen LogP contribution in [0.15, 0.2) is 28.9 Å². The van der Waals surface area contributed by atoms with Crippen molar-refractivity contribution in [3.05, 3.63) is 40.0 Å². The van der Waals surface area contributed by atoms with Crippen LogP contribution in [0, 0.1) is 17.8 Å². The average Bonchev–Trinajstić information content (AvgIpc) is 3.63. The Balaban J connectivity index is 1.25. The number of ether oxygens (including phenoxy) is 1. The van der Waals surface area contributed by atoms with Crippen LogP contribution in [0.25, 0.3) is 16.5 Å². The van der Waals surface area contributed by atoms with Gasteiger partial charge in [-0.3, -0.25) is 28.9 Å². The first-order valence-electron chi connectivity index (χ1n) is 15.5. The summed E-state index contributed by atoms with van der Waals surface area (Å²) in [6.07, 6.45) is 4.49. The SMILES string of the molecule is CC(C)C[C@H]1C(=O)N2CCCC2[C@]2(O)O[C@](NC(=O)[C@@H]3C=C4c5cccc6[nH]c(Br)c(c56)C[C@H]4N(C)C3)(C(C)C)C(=O)N12. The lowest BCUT2D eigenvalue weighted by Crippen LogP contribution is -2.71. The van der Waals surface area contributed by atoms with E-state index in [4.69, 9.17) is 4.74 Å². The molecule has 5 aliphatic rings. The second-order valence-corrected chi connectivity index (χ2v) is 14.5. The second kappa shape index (κ2) is 9.89. The molecule has 0 bridgehead atoms. The molecule has 2 aromatic rings. The Morgan fingerprint density at radius 1 is 1.26 bits per heavy atom. The van der Waals surface area contributed by atoms with Gasteiger partial charge in [0.2, 0.25) is 17.5 Å². The van der Waals surface area contributed by atoms with Gasteiger partial charge in [-0.1, -0.05) is 45.9 Å². The maximum atomic E-state index is 14.4. The van der Waals surface area contributed by atoms with Crippen LogP contribution >= 0.6 is 15.9 Å². The highest BCUT2D eigenvalue weighted by atomic mass is 79.9. The summed E-state index contributed by atoms with van der Waals surface area (Å²) in [6.45, 7) is 8.57. The summed E-state index contributed by atoms with van der Waals surface area (Å²) in [5.74, 6) is -4.01. The first kappa shape index (κ1) is 29.0. The standard InChI is InChI=1S/C32H40BrN5O5/c1-16(2)12-24-29(40)37-11-7-10-25(37)32(42)38(24)30(41)31(43-32,17(3)4)35-28(39)18-13-20-19-8-6-9-22-26(19)21(27(33)34-22)14-23(20)36(5)15-18/h6,8-9,13,16-18,23-25,34,42H,7,10-12,14-15H2,1-5H3,(H,35,39)/t18-,23-,24+,25?,31-,32+/m1/s1. The summed E-state index contributed by atoms with van der Waals surface area (Å²) in [5, 5.41) is 16.3. The van der Waals surface area contributed by atoms with Crippen LogP contribution in [0.2, 0.25) is 0 Å². The predicted molar refractivity (Wildman–Crippen MR) is 164 cm³/mol. The zero-order valence-electron chi connectivity index (χ0n) is 25.3. The van der Waals surface area contributed by atoms with Gasteiger partial charge < -0.3 is 20.3 Å². The molecule has 0 spiro atoms. The number of H-pyrrole nitrogens is 1. The molecule has 3 saturated heterocycles. The van der Waals surface area contributed by atoms with Gasteiger partial charge in [0, 0.05) is 36.0 Å². The number of hydrogen-bond acceptors (Lipinski definition) is 6. The highest BCUT2D eigenvalue weighted by Gasteiger charge is 2.72. The number of halogens is 1. The Morgan fingerprint density at radius 2 is 2.02 bits per heavy atom. The number of benzene rings is 1. The largest absolute Gasteiger partial charge is 0.349 e. The molecular formula is C32H40BrN5O5. The van der Waals surface area contributed by atoms with Gasteiger partial charge in [0.05, 0.1) is 10.5 Å². The van der Waals surface area contributed by atoms with E-state index in [0.29, 0.717) is 25.9 Å². The molecule has 1 aromatic carbocycles. The highest BCUT2D eigenvalue weighted by Crippen LogP contribution is 2.49. The maximum Gasteiger partial charge on any atom is 0.281 e. The van der Waals surface area contributed by atoms with E-state index < -0.39 is 41.5 Å². The van der Waals surface area contributed by atoms with E-state index in [1.165, 1.54) is 15.8 Å². The molecule has 3 fully saturated rings. The molecule has 11 heteroatoms. The quantitative estimate of drug-likeness (QED) is 0.456. The molecule has 1 aliphatic carbocycles. The number of aromatic nitrogens is 1.